The van der Waals surface area contributed by atoms with E-state index >= 15 is 0 Å². The van der Waals surface area contributed by atoms with E-state index in [0.29, 0.717) is 0 Å². The number of nitrogens with zero attached hydrogens (tertiary/aromatic N) is 2. The van der Waals surface area contributed by atoms with E-state index in [1.807, 2.05) is 6.07 Å². The first-order valence-corrected chi connectivity index (χ1v) is 7.36. The summed E-state index contributed by atoms with van der Waals surface area (Å²) in [5, 5.41) is 12.3. The summed E-state index contributed by atoms with van der Waals surface area (Å²) in [5.74, 6) is 0. The summed E-state index contributed by atoms with van der Waals surface area (Å²) in [5.41, 5.74) is 5.48. The molecule has 3 aromatic rings. The molecule has 0 saturated carbocycles. The van der Waals surface area contributed by atoms with E-state index in [4.69, 9.17) is 0 Å². The fourth-order valence-corrected chi connectivity index (χ4v) is 2.73. The number of hydrogen-bond donors (Lipinski definition) is 1. The van der Waals surface area contributed by atoms with E-state index in [1.165, 1.54) is 28.0 Å². The van der Waals surface area contributed by atoms with Gasteiger partial charge in [-0.1, -0.05) is 65.9 Å². The maximum atomic E-state index is 4.09. The maximum absolute atomic E-state index is 4.09. The van der Waals surface area contributed by atoms with Gasteiger partial charge < -0.3 is 5.32 Å². The minimum absolute atomic E-state index is 0.0883. The normalized spacial score (nSPS) is 12.1. The van der Waals surface area contributed by atoms with Crippen LogP contribution in [0.5, 0.6) is 0 Å². The van der Waals surface area contributed by atoms with Gasteiger partial charge in [-0.15, -0.1) is 10.2 Å². The Labute approximate surface area is 122 Å². The highest BCUT2D eigenvalue weighted by atomic mass is 32.1. The first-order valence-electron chi connectivity index (χ1n) is 6.48. The van der Waals surface area contributed by atoms with Crippen LogP contribution in [0, 0.1) is 6.92 Å². The Morgan fingerprint density at radius 3 is 2.45 bits per heavy atom. The van der Waals surface area contributed by atoms with Crippen molar-refractivity contribution in [3.05, 3.63) is 76.8 Å². The van der Waals surface area contributed by atoms with Gasteiger partial charge in [-0.2, -0.15) is 0 Å². The van der Waals surface area contributed by atoms with Gasteiger partial charge in [0.05, 0.1) is 6.04 Å². The second-order valence-corrected chi connectivity index (χ2v) is 5.42. The predicted octanol–water partition coefficient (Wildman–Crippen LogP) is 4.05. The van der Waals surface area contributed by atoms with E-state index in [9.17, 15) is 0 Å². The van der Waals surface area contributed by atoms with Crippen LogP contribution >= 0.6 is 11.3 Å². The Kier molecular flexibility index (Phi) is 3.74. The molecule has 3 rings (SSSR count). The molecule has 1 heterocycles. The van der Waals surface area contributed by atoms with Crippen molar-refractivity contribution < 1.29 is 0 Å². The number of nitrogens with one attached hydrogen (secondary N) is 1. The lowest BCUT2D eigenvalue weighted by molar-refractivity contribution is 0.912. The lowest BCUT2D eigenvalue weighted by Gasteiger charge is -2.20. The molecule has 1 aromatic heterocycles. The minimum atomic E-state index is 0.0883. The third kappa shape index (κ3) is 2.70. The summed E-state index contributed by atoms with van der Waals surface area (Å²) in [6.07, 6.45) is 0. The molecule has 3 nitrogen and oxygen atoms in total. The lowest BCUT2D eigenvalue weighted by Crippen LogP contribution is -2.13. The SMILES string of the molecule is Cc1ccccc1C(Nc1nncs1)c1ccccc1. The van der Waals surface area contributed by atoms with E-state index in [0.717, 1.165) is 5.13 Å². The topological polar surface area (TPSA) is 37.8 Å². The molecule has 4 heteroatoms. The molecule has 0 saturated heterocycles. The summed E-state index contributed by atoms with van der Waals surface area (Å²) in [6, 6.07) is 18.9. The van der Waals surface area contributed by atoms with Gasteiger partial charge in [-0.3, -0.25) is 0 Å². The van der Waals surface area contributed by atoms with Crippen LogP contribution in [-0.4, -0.2) is 10.2 Å². The highest BCUT2D eigenvalue weighted by molar-refractivity contribution is 7.13. The molecular weight excluding hydrogens is 266 g/mol. The van der Waals surface area contributed by atoms with Crippen LogP contribution < -0.4 is 5.32 Å². The van der Waals surface area contributed by atoms with Crippen LogP contribution in [0.3, 0.4) is 0 Å². The molecule has 0 aliphatic heterocycles. The van der Waals surface area contributed by atoms with E-state index in [2.05, 4.69) is 71.0 Å². The third-order valence-electron chi connectivity index (χ3n) is 3.26. The Bertz CT molecular complexity index is 665. The largest absolute Gasteiger partial charge is 0.349 e. The number of benzene rings is 2. The van der Waals surface area contributed by atoms with Crippen LogP contribution in [0.1, 0.15) is 22.7 Å². The smallest absolute Gasteiger partial charge is 0.206 e. The fourth-order valence-electron chi connectivity index (χ4n) is 2.26. The highest BCUT2D eigenvalue weighted by Gasteiger charge is 2.16. The van der Waals surface area contributed by atoms with Crippen LogP contribution in [0.15, 0.2) is 60.1 Å². The Balaban J connectivity index is 2.02. The van der Waals surface area contributed by atoms with Crippen molar-refractivity contribution in [2.24, 2.45) is 0 Å². The van der Waals surface area contributed by atoms with Crippen LogP contribution in [-0.2, 0) is 0 Å². The zero-order valence-corrected chi connectivity index (χ0v) is 12.0. The van der Waals surface area contributed by atoms with Crippen molar-refractivity contribution in [1.29, 1.82) is 0 Å². The summed E-state index contributed by atoms with van der Waals surface area (Å²) < 4.78 is 0. The van der Waals surface area contributed by atoms with E-state index in [-0.39, 0.29) is 6.04 Å². The van der Waals surface area contributed by atoms with Crippen molar-refractivity contribution in [3.8, 4) is 0 Å². The van der Waals surface area contributed by atoms with Gasteiger partial charge >= 0.3 is 0 Å². The van der Waals surface area contributed by atoms with Gasteiger partial charge in [0.2, 0.25) is 5.13 Å². The molecule has 2 aromatic carbocycles. The Hall–Kier alpha value is -2.20. The molecule has 0 fully saturated rings. The zero-order valence-electron chi connectivity index (χ0n) is 11.2. The first kappa shape index (κ1) is 12.8. The molecule has 1 unspecified atom stereocenters. The van der Waals surface area contributed by atoms with Gasteiger partial charge in [0.25, 0.3) is 0 Å². The molecule has 0 amide bonds. The molecule has 20 heavy (non-hydrogen) atoms. The number of aryl methyl sites for hydroxylation is 1. The van der Waals surface area contributed by atoms with Crippen molar-refractivity contribution >= 4 is 16.5 Å². The van der Waals surface area contributed by atoms with Gasteiger partial charge in [0.15, 0.2) is 0 Å². The average molecular weight is 281 g/mol. The predicted molar refractivity (Wildman–Crippen MR) is 83.0 cm³/mol. The second kappa shape index (κ2) is 5.84. The van der Waals surface area contributed by atoms with Gasteiger partial charge in [-0.25, -0.2) is 0 Å². The van der Waals surface area contributed by atoms with Crippen molar-refractivity contribution in [3.63, 3.8) is 0 Å². The monoisotopic (exact) mass is 281 g/mol. The number of anilines is 1. The Morgan fingerprint density at radius 1 is 1.00 bits per heavy atom. The molecule has 0 spiro atoms. The zero-order chi connectivity index (χ0) is 13.8. The third-order valence-corrected chi connectivity index (χ3v) is 3.88. The van der Waals surface area contributed by atoms with E-state index < -0.39 is 0 Å². The Morgan fingerprint density at radius 2 is 1.75 bits per heavy atom. The van der Waals surface area contributed by atoms with Crippen LogP contribution in [0.25, 0.3) is 0 Å². The summed E-state index contributed by atoms with van der Waals surface area (Å²) >= 11 is 1.51. The number of rotatable bonds is 4. The summed E-state index contributed by atoms with van der Waals surface area (Å²) in [4.78, 5) is 0. The molecule has 1 N–H and O–H groups in total. The number of hydrogen-bond acceptors (Lipinski definition) is 4. The standard InChI is InChI=1S/C16H15N3S/c1-12-7-5-6-10-14(12)15(13-8-3-2-4-9-13)18-16-19-17-11-20-16/h2-11,15H,1H3,(H,18,19). The quantitative estimate of drug-likeness (QED) is 0.784. The van der Waals surface area contributed by atoms with Gasteiger partial charge in [0.1, 0.15) is 5.51 Å². The first-order chi connectivity index (χ1) is 9.84. The van der Waals surface area contributed by atoms with E-state index in [1.54, 1.807) is 5.51 Å². The maximum Gasteiger partial charge on any atom is 0.206 e. The molecule has 100 valence electrons. The number of aromatic nitrogens is 2. The van der Waals surface area contributed by atoms with Gasteiger partial charge in [0, 0.05) is 0 Å². The lowest BCUT2D eigenvalue weighted by atomic mass is 9.95. The van der Waals surface area contributed by atoms with Crippen LogP contribution in [0.2, 0.25) is 0 Å². The fraction of sp³-hybridized carbons (Fsp3) is 0.125. The molecule has 0 bridgehead atoms. The molecule has 0 aliphatic carbocycles. The minimum Gasteiger partial charge on any atom is -0.349 e. The van der Waals surface area contributed by atoms with Crippen molar-refractivity contribution in [2.75, 3.05) is 5.32 Å². The summed E-state index contributed by atoms with van der Waals surface area (Å²) in [7, 11) is 0. The van der Waals surface area contributed by atoms with Gasteiger partial charge in [-0.05, 0) is 23.6 Å². The molecule has 0 aliphatic rings. The van der Waals surface area contributed by atoms with Crippen molar-refractivity contribution in [2.45, 2.75) is 13.0 Å². The molecule has 1 atom stereocenters. The van der Waals surface area contributed by atoms with Crippen molar-refractivity contribution in [1.82, 2.24) is 10.2 Å². The average Bonchev–Trinajstić information content (AvgIpc) is 3.00. The molecule has 0 radical (unpaired) electrons. The molecular formula is C16H15N3S. The summed E-state index contributed by atoms with van der Waals surface area (Å²) in [6.45, 7) is 2.13. The highest BCUT2D eigenvalue weighted by Crippen LogP contribution is 2.29. The van der Waals surface area contributed by atoms with Crippen LogP contribution in [0.4, 0.5) is 5.13 Å². The second-order valence-electron chi connectivity index (χ2n) is 4.59.